The summed E-state index contributed by atoms with van der Waals surface area (Å²) in [6.45, 7) is 6.58. The zero-order valence-corrected chi connectivity index (χ0v) is 9.67. The van der Waals surface area contributed by atoms with E-state index in [1.54, 1.807) is 11.3 Å². The molecule has 1 aromatic heterocycles. The molecule has 1 heterocycles. The molecule has 0 aliphatic rings. The van der Waals surface area contributed by atoms with Crippen LogP contribution in [-0.2, 0) is 6.54 Å². The number of rotatable bonds is 7. The molecule has 1 aromatic rings. The molecule has 80 valence electrons. The normalized spacial score (nSPS) is 10.1. The molecule has 0 aliphatic heterocycles. The van der Waals surface area contributed by atoms with E-state index >= 15 is 0 Å². The number of hydrogen-bond acceptors (Lipinski definition) is 3. The predicted octanol–water partition coefficient (Wildman–Crippen LogP) is 3.04. The van der Waals surface area contributed by atoms with E-state index in [1.807, 2.05) is 6.08 Å². The Balaban J connectivity index is 2.36. The molecule has 1 rings (SSSR count). The van der Waals surface area contributed by atoms with Crippen LogP contribution in [0.25, 0.3) is 0 Å². The molecule has 0 atom stereocenters. The zero-order valence-electron chi connectivity index (χ0n) is 8.85. The first-order valence-corrected chi connectivity index (χ1v) is 5.97. The topological polar surface area (TPSA) is 27.0 Å². The number of hydrogen-bond donors (Lipinski definition) is 0. The van der Waals surface area contributed by atoms with Crippen LogP contribution in [0.15, 0.2) is 30.2 Å². The van der Waals surface area contributed by atoms with Crippen molar-refractivity contribution in [3.63, 3.8) is 0 Å². The standard InChI is InChI=1S/C12H16N2S/c1-2-8-14(9-4-3-7-13)11-12-6-5-10-15-12/h2,5-6,10H,1,3-4,8-9,11H2. The summed E-state index contributed by atoms with van der Waals surface area (Å²) in [5.74, 6) is 0. The average Bonchev–Trinajstić information content (AvgIpc) is 2.71. The fourth-order valence-corrected chi connectivity index (χ4v) is 2.17. The maximum Gasteiger partial charge on any atom is 0.0622 e. The van der Waals surface area contributed by atoms with Gasteiger partial charge in [-0.1, -0.05) is 12.1 Å². The molecule has 0 aromatic carbocycles. The van der Waals surface area contributed by atoms with Gasteiger partial charge in [0.2, 0.25) is 0 Å². The summed E-state index contributed by atoms with van der Waals surface area (Å²) in [6, 6.07) is 6.39. The van der Waals surface area contributed by atoms with Gasteiger partial charge in [0.05, 0.1) is 6.07 Å². The smallest absolute Gasteiger partial charge is 0.0622 e. The van der Waals surface area contributed by atoms with Crippen molar-refractivity contribution >= 4 is 11.3 Å². The fraction of sp³-hybridized carbons (Fsp3) is 0.417. The van der Waals surface area contributed by atoms with Crippen LogP contribution in [0.2, 0.25) is 0 Å². The van der Waals surface area contributed by atoms with Gasteiger partial charge in [-0.05, 0) is 24.4 Å². The molecule has 2 nitrogen and oxygen atoms in total. The predicted molar refractivity (Wildman–Crippen MR) is 64.6 cm³/mol. The van der Waals surface area contributed by atoms with E-state index in [0.717, 1.165) is 26.1 Å². The molecule has 0 bridgehead atoms. The Bertz CT molecular complexity index is 311. The average molecular weight is 220 g/mol. The van der Waals surface area contributed by atoms with Crippen molar-refractivity contribution < 1.29 is 0 Å². The first kappa shape index (κ1) is 12.0. The summed E-state index contributed by atoms with van der Waals surface area (Å²) in [6.07, 6.45) is 3.49. The van der Waals surface area contributed by atoms with Crippen molar-refractivity contribution in [3.05, 3.63) is 35.0 Å². The Kier molecular flexibility index (Phi) is 5.76. The highest BCUT2D eigenvalue weighted by molar-refractivity contribution is 7.09. The van der Waals surface area contributed by atoms with Crippen molar-refractivity contribution in [1.82, 2.24) is 4.90 Å². The second kappa shape index (κ2) is 7.22. The molecule has 0 radical (unpaired) electrons. The zero-order chi connectivity index (χ0) is 10.9. The Labute approximate surface area is 95.5 Å². The lowest BCUT2D eigenvalue weighted by atomic mass is 10.3. The van der Waals surface area contributed by atoms with Crippen LogP contribution in [0.5, 0.6) is 0 Å². The maximum absolute atomic E-state index is 8.48. The minimum absolute atomic E-state index is 0.637. The highest BCUT2D eigenvalue weighted by atomic mass is 32.1. The van der Waals surface area contributed by atoms with Gasteiger partial charge >= 0.3 is 0 Å². The number of nitrogens with zero attached hydrogens (tertiary/aromatic N) is 2. The lowest BCUT2D eigenvalue weighted by Gasteiger charge is -2.18. The lowest BCUT2D eigenvalue weighted by Crippen LogP contribution is -2.23. The van der Waals surface area contributed by atoms with Gasteiger partial charge < -0.3 is 0 Å². The summed E-state index contributed by atoms with van der Waals surface area (Å²) < 4.78 is 0. The number of nitriles is 1. The third kappa shape index (κ3) is 4.78. The largest absolute Gasteiger partial charge is 0.295 e. The van der Waals surface area contributed by atoms with Gasteiger partial charge in [-0.25, -0.2) is 0 Å². The van der Waals surface area contributed by atoms with Crippen molar-refractivity contribution in [2.45, 2.75) is 19.4 Å². The van der Waals surface area contributed by atoms with Crippen LogP contribution in [0, 0.1) is 11.3 Å². The molecule has 0 aliphatic carbocycles. The van der Waals surface area contributed by atoms with E-state index < -0.39 is 0 Å². The molecule has 15 heavy (non-hydrogen) atoms. The summed E-state index contributed by atoms with van der Waals surface area (Å²) in [7, 11) is 0. The second-order valence-corrected chi connectivity index (χ2v) is 4.40. The van der Waals surface area contributed by atoms with Crippen LogP contribution in [0.4, 0.5) is 0 Å². The van der Waals surface area contributed by atoms with Crippen LogP contribution >= 0.6 is 11.3 Å². The summed E-state index contributed by atoms with van der Waals surface area (Å²) in [5.41, 5.74) is 0. The monoisotopic (exact) mass is 220 g/mol. The number of unbranched alkanes of at least 4 members (excludes halogenated alkanes) is 1. The van der Waals surface area contributed by atoms with Crippen molar-refractivity contribution in [2.24, 2.45) is 0 Å². The van der Waals surface area contributed by atoms with E-state index in [1.165, 1.54) is 4.88 Å². The SMILES string of the molecule is C=CCN(CCCC#N)Cc1cccs1. The molecule has 0 fully saturated rings. The summed E-state index contributed by atoms with van der Waals surface area (Å²) in [4.78, 5) is 3.68. The quantitative estimate of drug-likeness (QED) is 0.521. The summed E-state index contributed by atoms with van der Waals surface area (Å²) >= 11 is 1.78. The third-order valence-electron chi connectivity index (χ3n) is 2.11. The van der Waals surface area contributed by atoms with Crippen molar-refractivity contribution in [3.8, 4) is 6.07 Å². The Morgan fingerprint density at radius 3 is 3.07 bits per heavy atom. The van der Waals surface area contributed by atoms with E-state index in [9.17, 15) is 0 Å². The molecule has 3 heteroatoms. The Hall–Kier alpha value is -1.11. The lowest BCUT2D eigenvalue weighted by molar-refractivity contribution is 0.294. The molecule has 0 N–H and O–H groups in total. The van der Waals surface area contributed by atoms with Gasteiger partial charge in [-0.3, -0.25) is 4.90 Å². The molecule has 0 unspecified atom stereocenters. The van der Waals surface area contributed by atoms with E-state index in [-0.39, 0.29) is 0 Å². The van der Waals surface area contributed by atoms with Crippen LogP contribution < -0.4 is 0 Å². The molecule has 0 saturated heterocycles. The van der Waals surface area contributed by atoms with Gasteiger partial charge in [0.25, 0.3) is 0 Å². The van der Waals surface area contributed by atoms with Gasteiger partial charge in [-0.2, -0.15) is 5.26 Å². The van der Waals surface area contributed by atoms with Crippen molar-refractivity contribution in [1.29, 1.82) is 5.26 Å². The Morgan fingerprint density at radius 1 is 1.60 bits per heavy atom. The van der Waals surface area contributed by atoms with Gasteiger partial charge in [0.15, 0.2) is 0 Å². The fourth-order valence-electron chi connectivity index (χ4n) is 1.42. The van der Waals surface area contributed by atoms with Crippen LogP contribution in [0.1, 0.15) is 17.7 Å². The molecule has 0 amide bonds. The van der Waals surface area contributed by atoms with Crippen molar-refractivity contribution in [2.75, 3.05) is 13.1 Å². The first-order chi connectivity index (χ1) is 7.36. The minimum Gasteiger partial charge on any atom is -0.295 e. The van der Waals surface area contributed by atoms with E-state index in [0.29, 0.717) is 6.42 Å². The molecule has 0 spiro atoms. The highest BCUT2D eigenvalue weighted by Gasteiger charge is 2.04. The third-order valence-corrected chi connectivity index (χ3v) is 2.97. The van der Waals surface area contributed by atoms with E-state index in [4.69, 9.17) is 5.26 Å². The Morgan fingerprint density at radius 2 is 2.47 bits per heavy atom. The van der Waals surface area contributed by atoms with E-state index in [2.05, 4.69) is 35.1 Å². The molecule has 0 saturated carbocycles. The first-order valence-electron chi connectivity index (χ1n) is 5.09. The summed E-state index contributed by atoms with van der Waals surface area (Å²) in [5, 5.41) is 10.6. The van der Waals surface area contributed by atoms with Gasteiger partial charge in [0.1, 0.15) is 0 Å². The van der Waals surface area contributed by atoms with Crippen LogP contribution in [0.3, 0.4) is 0 Å². The number of thiophene rings is 1. The second-order valence-electron chi connectivity index (χ2n) is 3.36. The minimum atomic E-state index is 0.637. The maximum atomic E-state index is 8.48. The van der Waals surface area contributed by atoms with Crippen LogP contribution in [-0.4, -0.2) is 18.0 Å². The highest BCUT2D eigenvalue weighted by Crippen LogP contribution is 2.12. The molecular formula is C12H16N2S. The van der Waals surface area contributed by atoms with Gasteiger partial charge in [0, 0.05) is 24.4 Å². The molecular weight excluding hydrogens is 204 g/mol. The van der Waals surface area contributed by atoms with Gasteiger partial charge in [-0.15, -0.1) is 17.9 Å².